The van der Waals surface area contributed by atoms with Crippen molar-refractivity contribution in [3.63, 3.8) is 0 Å². The molecule has 0 saturated carbocycles. The largest absolute Gasteiger partial charge is 0.493 e. The van der Waals surface area contributed by atoms with Crippen LogP contribution >= 0.6 is 23.2 Å². The van der Waals surface area contributed by atoms with Crippen LogP contribution in [0.25, 0.3) is 11.4 Å². The number of methoxy groups -OCH3 is 2. The van der Waals surface area contributed by atoms with Crippen molar-refractivity contribution in [2.45, 2.75) is 12.8 Å². The number of hydrogen-bond acceptors (Lipinski definition) is 6. The second kappa shape index (κ2) is 8.95. The molecule has 1 N–H and O–H groups in total. The van der Waals surface area contributed by atoms with Gasteiger partial charge in [-0.1, -0.05) is 28.4 Å². The molecule has 0 atom stereocenters. The Morgan fingerprint density at radius 3 is 2.64 bits per heavy atom. The third-order valence-corrected chi connectivity index (χ3v) is 4.44. The van der Waals surface area contributed by atoms with Crippen LogP contribution in [0.2, 0.25) is 10.0 Å². The molecule has 3 aromatic rings. The van der Waals surface area contributed by atoms with Gasteiger partial charge in [0.1, 0.15) is 0 Å². The molecule has 0 fully saturated rings. The van der Waals surface area contributed by atoms with Gasteiger partial charge in [-0.15, -0.1) is 0 Å². The summed E-state index contributed by atoms with van der Waals surface area (Å²) < 4.78 is 15.7. The van der Waals surface area contributed by atoms with E-state index >= 15 is 0 Å². The summed E-state index contributed by atoms with van der Waals surface area (Å²) in [7, 11) is 3.11. The van der Waals surface area contributed by atoms with Crippen LogP contribution in [0.5, 0.6) is 11.5 Å². The molecule has 2 aromatic carbocycles. The Kier molecular flexibility index (Phi) is 6.38. The lowest BCUT2D eigenvalue weighted by Crippen LogP contribution is -2.12. The molecule has 0 aliphatic carbocycles. The van der Waals surface area contributed by atoms with Crippen LogP contribution in [0.1, 0.15) is 12.3 Å². The van der Waals surface area contributed by atoms with E-state index in [4.69, 9.17) is 37.2 Å². The van der Waals surface area contributed by atoms with Crippen LogP contribution in [0, 0.1) is 0 Å². The summed E-state index contributed by atoms with van der Waals surface area (Å²) in [6, 6.07) is 10.2. The maximum Gasteiger partial charge on any atom is 0.227 e. The van der Waals surface area contributed by atoms with E-state index < -0.39 is 0 Å². The monoisotopic (exact) mass is 421 g/mol. The minimum Gasteiger partial charge on any atom is -0.493 e. The van der Waals surface area contributed by atoms with Crippen molar-refractivity contribution in [2.24, 2.45) is 0 Å². The number of nitrogens with zero attached hydrogens (tertiary/aromatic N) is 2. The van der Waals surface area contributed by atoms with E-state index in [9.17, 15) is 4.79 Å². The van der Waals surface area contributed by atoms with Crippen molar-refractivity contribution in [3.05, 3.63) is 52.3 Å². The molecule has 0 bridgehead atoms. The quantitative estimate of drug-likeness (QED) is 0.598. The van der Waals surface area contributed by atoms with Gasteiger partial charge in [0.15, 0.2) is 11.5 Å². The number of nitrogens with one attached hydrogen (secondary N) is 1. The molecule has 1 aromatic heterocycles. The highest BCUT2D eigenvalue weighted by molar-refractivity contribution is 6.35. The first-order valence-electron chi connectivity index (χ1n) is 8.30. The van der Waals surface area contributed by atoms with Gasteiger partial charge in [-0.3, -0.25) is 4.79 Å². The summed E-state index contributed by atoms with van der Waals surface area (Å²) in [4.78, 5) is 16.5. The second-order valence-corrected chi connectivity index (χ2v) is 6.60. The number of carbonyl (C=O) groups is 1. The van der Waals surface area contributed by atoms with Crippen molar-refractivity contribution >= 4 is 34.8 Å². The molecule has 0 spiro atoms. The zero-order chi connectivity index (χ0) is 20.1. The Hall–Kier alpha value is -2.77. The fourth-order valence-electron chi connectivity index (χ4n) is 2.48. The van der Waals surface area contributed by atoms with E-state index in [1.165, 1.54) is 0 Å². The summed E-state index contributed by atoms with van der Waals surface area (Å²) in [6.07, 6.45) is 0.431. The fraction of sp³-hybridized carbons (Fsp3) is 0.211. The fourth-order valence-corrected chi connectivity index (χ4v) is 2.81. The molecule has 146 valence electrons. The van der Waals surface area contributed by atoms with Gasteiger partial charge in [0.25, 0.3) is 0 Å². The van der Waals surface area contributed by atoms with Gasteiger partial charge < -0.3 is 19.3 Å². The van der Waals surface area contributed by atoms with E-state index in [0.29, 0.717) is 44.5 Å². The number of aryl methyl sites for hydroxylation is 1. The number of ether oxygens (including phenoxy) is 2. The number of aromatic nitrogens is 2. The molecule has 0 radical (unpaired) electrons. The highest BCUT2D eigenvalue weighted by Gasteiger charge is 2.14. The topological polar surface area (TPSA) is 86.5 Å². The summed E-state index contributed by atoms with van der Waals surface area (Å²) in [5.41, 5.74) is 1.17. The van der Waals surface area contributed by atoms with Gasteiger partial charge in [-0.2, -0.15) is 4.98 Å². The van der Waals surface area contributed by atoms with Crippen LogP contribution < -0.4 is 14.8 Å². The SMILES string of the molecule is COc1ccc(-c2noc(CCC(=O)Nc3cc(Cl)ccc3Cl)n2)cc1OC. The summed E-state index contributed by atoms with van der Waals surface area (Å²) in [6.45, 7) is 0. The van der Waals surface area contributed by atoms with Gasteiger partial charge in [0, 0.05) is 23.4 Å². The summed E-state index contributed by atoms with van der Waals surface area (Å²) in [5, 5.41) is 7.56. The smallest absolute Gasteiger partial charge is 0.227 e. The molecule has 1 heterocycles. The number of amides is 1. The van der Waals surface area contributed by atoms with Gasteiger partial charge in [0.2, 0.25) is 17.6 Å². The van der Waals surface area contributed by atoms with E-state index in [2.05, 4.69) is 15.5 Å². The van der Waals surface area contributed by atoms with Crippen molar-refractivity contribution in [3.8, 4) is 22.9 Å². The molecule has 0 aliphatic rings. The third-order valence-electron chi connectivity index (χ3n) is 3.88. The molecule has 7 nitrogen and oxygen atoms in total. The predicted octanol–water partition coefficient (Wildman–Crippen LogP) is 4.63. The Bertz CT molecular complexity index is 991. The molecule has 0 aliphatic heterocycles. The number of halogens is 2. The number of anilines is 1. The summed E-state index contributed by atoms with van der Waals surface area (Å²) in [5.74, 6) is 1.66. The predicted molar refractivity (Wildman–Crippen MR) is 106 cm³/mol. The van der Waals surface area contributed by atoms with Gasteiger partial charge in [-0.05, 0) is 36.4 Å². The minimum absolute atomic E-state index is 0.149. The zero-order valence-corrected chi connectivity index (χ0v) is 16.7. The number of hydrogen-bond donors (Lipinski definition) is 1. The molecule has 3 rings (SSSR count). The van der Waals surface area contributed by atoms with Gasteiger partial charge >= 0.3 is 0 Å². The number of rotatable bonds is 7. The molecule has 1 amide bonds. The lowest BCUT2D eigenvalue weighted by Gasteiger charge is -2.07. The first kappa shape index (κ1) is 20.0. The normalized spacial score (nSPS) is 10.6. The van der Waals surface area contributed by atoms with Gasteiger partial charge in [-0.25, -0.2) is 0 Å². The second-order valence-electron chi connectivity index (χ2n) is 5.75. The molecule has 0 saturated heterocycles. The zero-order valence-electron chi connectivity index (χ0n) is 15.2. The average molecular weight is 422 g/mol. The first-order chi connectivity index (χ1) is 13.5. The Balaban J connectivity index is 1.63. The van der Waals surface area contributed by atoms with Crippen molar-refractivity contribution in [1.82, 2.24) is 10.1 Å². The van der Waals surface area contributed by atoms with Gasteiger partial charge in [0.05, 0.1) is 24.9 Å². The Morgan fingerprint density at radius 2 is 1.89 bits per heavy atom. The third kappa shape index (κ3) is 4.74. The highest BCUT2D eigenvalue weighted by atomic mass is 35.5. The standard InChI is InChI=1S/C19H17Cl2N3O4/c1-26-15-6-3-11(9-16(15)27-2)19-23-18(28-24-19)8-7-17(25)22-14-10-12(20)4-5-13(14)21/h3-6,9-10H,7-8H2,1-2H3,(H,22,25). The molecular formula is C19H17Cl2N3O4. The van der Waals surface area contributed by atoms with Crippen LogP contribution in [0.15, 0.2) is 40.9 Å². The van der Waals surface area contributed by atoms with Crippen LogP contribution in [0.4, 0.5) is 5.69 Å². The summed E-state index contributed by atoms with van der Waals surface area (Å²) >= 11 is 12.0. The van der Waals surface area contributed by atoms with E-state index in [0.717, 1.165) is 0 Å². The molecular weight excluding hydrogens is 405 g/mol. The molecule has 28 heavy (non-hydrogen) atoms. The van der Waals surface area contributed by atoms with Crippen molar-refractivity contribution < 1.29 is 18.8 Å². The lowest BCUT2D eigenvalue weighted by atomic mass is 10.2. The van der Waals surface area contributed by atoms with Crippen LogP contribution in [-0.2, 0) is 11.2 Å². The number of carbonyl (C=O) groups excluding carboxylic acids is 1. The van der Waals surface area contributed by atoms with Crippen molar-refractivity contribution in [1.29, 1.82) is 0 Å². The Morgan fingerprint density at radius 1 is 1.11 bits per heavy atom. The van der Waals surface area contributed by atoms with E-state index in [1.54, 1.807) is 50.6 Å². The van der Waals surface area contributed by atoms with Crippen LogP contribution in [-0.4, -0.2) is 30.3 Å². The molecule has 9 heteroatoms. The number of benzene rings is 2. The van der Waals surface area contributed by atoms with Crippen LogP contribution in [0.3, 0.4) is 0 Å². The maximum absolute atomic E-state index is 12.1. The Labute approximate surface area is 171 Å². The maximum atomic E-state index is 12.1. The first-order valence-corrected chi connectivity index (χ1v) is 9.05. The highest BCUT2D eigenvalue weighted by Crippen LogP contribution is 2.31. The molecule has 0 unspecified atom stereocenters. The lowest BCUT2D eigenvalue weighted by molar-refractivity contribution is -0.116. The van der Waals surface area contributed by atoms with E-state index in [-0.39, 0.29) is 18.7 Å². The average Bonchev–Trinajstić information content (AvgIpc) is 3.17. The van der Waals surface area contributed by atoms with Crippen molar-refractivity contribution in [2.75, 3.05) is 19.5 Å². The minimum atomic E-state index is -0.241. The van der Waals surface area contributed by atoms with E-state index in [1.807, 2.05) is 0 Å².